The predicted molar refractivity (Wildman–Crippen MR) is 54.3 cm³/mol. The van der Waals surface area contributed by atoms with E-state index in [0.717, 1.165) is 13.0 Å². The Morgan fingerprint density at radius 3 is 2.77 bits per heavy atom. The predicted octanol–water partition coefficient (Wildman–Crippen LogP) is 2.45. The van der Waals surface area contributed by atoms with Gasteiger partial charge in [0, 0.05) is 5.88 Å². The van der Waals surface area contributed by atoms with Gasteiger partial charge < -0.3 is 9.47 Å². The highest BCUT2D eigenvalue weighted by Crippen LogP contribution is 2.16. The van der Waals surface area contributed by atoms with Gasteiger partial charge >= 0.3 is 0 Å². The van der Waals surface area contributed by atoms with Gasteiger partial charge in [-0.1, -0.05) is 20.3 Å². The molecule has 0 radical (unpaired) electrons. The van der Waals surface area contributed by atoms with Crippen molar-refractivity contribution in [1.82, 2.24) is 0 Å². The van der Waals surface area contributed by atoms with Crippen LogP contribution < -0.4 is 0 Å². The van der Waals surface area contributed by atoms with Crippen LogP contribution in [0.2, 0.25) is 0 Å². The molecule has 0 aliphatic carbocycles. The van der Waals surface area contributed by atoms with Crippen LogP contribution in [-0.2, 0) is 9.47 Å². The largest absolute Gasteiger partial charge is 0.374 e. The molecule has 0 amide bonds. The second-order valence-corrected chi connectivity index (χ2v) is 4.12. The molecule has 1 rings (SSSR count). The fourth-order valence-corrected chi connectivity index (χ4v) is 1.41. The molecule has 13 heavy (non-hydrogen) atoms. The third kappa shape index (κ3) is 4.84. The number of halogens is 1. The lowest BCUT2D eigenvalue weighted by Gasteiger charge is -2.17. The van der Waals surface area contributed by atoms with Crippen molar-refractivity contribution >= 4 is 11.6 Å². The Kier molecular flexibility index (Phi) is 5.07. The molecule has 2 nitrogen and oxygen atoms in total. The quantitative estimate of drug-likeness (QED) is 0.472. The van der Waals surface area contributed by atoms with Gasteiger partial charge in [0.2, 0.25) is 0 Å². The van der Waals surface area contributed by atoms with Gasteiger partial charge in [0.15, 0.2) is 0 Å². The van der Waals surface area contributed by atoms with Crippen molar-refractivity contribution in [3.8, 4) is 0 Å². The summed E-state index contributed by atoms with van der Waals surface area (Å²) in [4.78, 5) is 0. The fraction of sp³-hybridized carbons (Fsp3) is 1.00. The van der Waals surface area contributed by atoms with E-state index >= 15 is 0 Å². The van der Waals surface area contributed by atoms with Crippen molar-refractivity contribution in [1.29, 1.82) is 0 Å². The monoisotopic (exact) mass is 206 g/mol. The molecule has 0 aromatic heterocycles. The Morgan fingerprint density at radius 2 is 2.31 bits per heavy atom. The Bertz CT molecular complexity index is 137. The first-order valence-corrected chi connectivity index (χ1v) is 5.58. The Balaban J connectivity index is 2.08. The maximum atomic E-state index is 5.81. The highest BCUT2D eigenvalue weighted by atomic mass is 35.5. The Hall–Kier alpha value is 0.210. The van der Waals surface area contributed by atoms with Crippen LogP contribution in [0, 0.1) is 5.92 Å². The van der Waals surface area contributed by atoms with Gasteiger partial charge in [-0.25, -0.2) is 0 Å². The summed E-state index contributed by atoms with van der Waals surface area (Å²) in [5, 5.41) is 0. The van der Waals surface area contributed by atoms with Gasteiger partial charge in [-0.3, -0.25) is 0 Å². The lowest BCUT2D eigenvalue weighted by molar-refractivity contribution is 0.0421. The van der Waals surface area contributed by atoms with Crippen molar-refractivity contribution in [3.63, 3.8) is 0 Å². The summed E-state index contributed by atoms with van der Waals surface area (Å²) in [6.07, 6.45) is 2.81. The molecule has 0 aromatic carbocycles. The average Bonchev–Trinajstić information content (AvgIpc) is 2.95. The SMILES string of the molecule is CCC(C)CC(CCl)OCC1CO1. The van der Waals surface area contributed by atoms with Crippen LogP contribution in [0.25, 0.3) is 0 Å². The first kappa shape index (κ1) is 11.3. The van der Waals surface area contributed by atoms with E-state index in [4.69, 9.17) is 21.1 Å². The number of hydrogen-bond donors (Lipinski definition) is 0. The summed E-state index contributed by atoms with van der Waals surface area (Å²) in [6.45, 7) is 6.00. The molecule has 78 valence electrons. The number of epoxide rings is 1. The van der Waals surface area contributed by atoms with Crippen LogP contribution in [0.1, 0.15) is 26.7 Å². The molecule has 3 unspecified atom stereocenters. The smallest absolute Gasteiger partial charge is 0.104 e. The maximum absolute atomic E-state index is 5.81. The van der Waals surface area contributed by atoms with Crippen LogP contribution in [0.5, 0.6) is 0 Å². The minimum atomic E-state index is 0.209. The van der Waals surface area contributed by atoms with Gasteiger partial charge in [0.05, 0.1) is 19.3 Å². The summed E-state index contributed by atoms with van der Waals surface area (Å²) in [7, 11) is 0. The molecule has 0 bridgehead atoms. The Labute approximate surface area is 85.5 Å². The van der Waals surface area contributed by atoms with Crippen LogP contribution >= 0.6 is 11.6 Å². The first-order valence-electron chi connectivity index (χ1n) is 5.05. The third-order valence-electron chi connectivity index (χ3n) is 2.45. The minimum absolute atomic E-state index is 0.209. The van der Waals surface area contributed by atoms with Crippen molar-refractivity contribution in [2.75, 3.05) is 19.1 Å². The molecule has 0 saturated carbocycles. The summed E-state index contributed by atoms with van der Waals surface area (Å²) in [5.74, 6) is 1.29. The molecule has 3 atom stereocenters. The van der Waals surface area contributed by atoms with Gasteiger partial charge in [0.1, 0.15) is 6.10 Å². The van der Waals surface area contributed by atoms with Crippen molar-refractivity contribution < 1.29 is 9.47 Å². The van der Waals surface area contributed by atoms with Crippen molar-refractivity contribution in [3.05, 3.63) is 0 Å². The van der Waals surface area contributed by atoms with Gasteiger partial charge in [-0.15, -0.1) is 11.6 Å². The summed E-state index contributed by atoms with van der Waals surface area (Å²) in [6, 6.07) is 0. The fourth-order valence-electron chi connectivity index (χ4n) is 1.20. The number of alkyl halides is 1. The van der Waals surface area contributed by atoms with Crippen molar-refractivity contribution in [2.24, 2.45) is 5.92 Å². The van der Waals surface area contributed by atoms with E-state index in [1.54, 1.807) is 0 Å². The van der Waals surface area contributed by atoms with Crippen LogP contribution in [-0.4, -0.2) is 31.3 Å². The topological polar surface area (TPSA) is 21.8 Å². The molecule has 3 heteroatoms. The van der Waals surface area contributed by atoms with E-state index in [2.05, 4.69) is 13.8 Å². The van der Waals surface area contributed by atoms with E-state index in [1.807, 2.05) is 0 Å². The van der Waals surface area contributed by atoms with Crippen LogP contribution in [0.4, 0.5) is 0 Å². The van der Waals surface area contributed by atoms with E-state index in [1.165, 1.54) is 6.42 Å². The molecule has 1 aliphatic rings. The molecule has 1 saturated heterocycles. The van der Waals surface area contributed by atoms with E-state index in [0.29, 0.717) is 24.5 Å². The lowest BCUT2D eigenvalue weighted by atomic mass is 10.0. The van der Waals surface area contributed by atoms with Gasteiger partial charge in [0.25, 0.3) is 0 Å². The van der Waals surface area contributed by atoms with E-state index < -0.39 is 0 Å². The average molecular weight is 207 g/mol. The standard InChI is InChI=1S/C10H19ClO2/c1-3-8(2)4-9(5-11)12-6-10-7-13-10/h8-10H,3-7H2,1-2H3. The Morgan fingerprint density at radius 1 is 1.62 bits per heavy atom. The zero-order valence-corrected chi connectivity index (χ0v) is 9.22. The summed E-state index contributed by atoms with van der Waals surface area (Å²) < 4.78 is 10.7. The number of rotatable bonds is 7. The zero-order chi connectivity index (χ0) is 9.68. The molecule has 1 fully saturated rings. The molecular formula is C10H19ClO2. The van der Waals surface area contributed by atoms with E-state index in [9.17, 15) is 0 Å². The van der Waals surface area contributed by atoms with Crippen LogP contribution in [0.3, 0.4) is 0 Å². The second kappa shape index (κ2) is 5.84. The highest BCUT2D eigenvalue weighted by Gasteiger charge is 2.24. The number of hydrogen-bond acceptors (Lipinski definition) is 2. The summed E-state index contributed by atoms with van der Waals surface area (Å²) >= 11 is 5.81. The zero-order valence-electron chi connectivity index (χ0n) is 8.46. The van der Waals surface area contributed by atoms with Gasteiger partial charge in [-0.05, 0) is 12.3 Å². The molecule has 0 N–H and O–H groups in total. The number of ether oxygens (including phenoxy) is 2. The van der Waals surface area contributed by atoms with Gasteiger partial charge in [-0.2, -0.15) is 0 Å². The molecule has 0 spiro atoms. The lowest BCUT2D eigenvalue weighted by Crippen LogP contribution is -2.20. The highest BCUT2D eigenvalue weighted by molar-refractivity contribution is 6.18. The molecule has 0 aromatic rings. The summed E-state index contributed by atoms with van der Waals surface area (Å²) in [5.41, 5.74) is 0. The van der Waals surface area contributed by atoms with E-state index in [-0.39, 0.29) is 6.10 Å². The first-order chi connectivity index (χ1) is 6.26. The normalized spacial score (nSPS) is 25.6. The molecule has 1 heterocycles. The molecule has 1 aliphatic heterocycles. The molecular weight excluding hydrogens is 188 g/mol. The third-order valence-corrected chi connectivity index (χ3v) is 2.80. The maximum Gasteiger partial charge on any atom is 0.104 e. The minimum Gasteiger partial charge on any atom is -0.374 e. The second-order valence-electron chi connectivity index (χ2n) is 3.81. The van der Waals surface area contributed by atoms with Crippen molar-refractivity contribution in [2.45, 2.75) is 38.9 Å². The van der Waals surface area contributed by atoms with Crippen LogP contribution in [0.15, 0.2) is 0 Å².